The monoisotopic (exact) mass is 128 g/mol. The molecule has 2 N–H and O–H groups in total. The van der Waals surface area contributed by atoms with E-state index in [1.54, 1.807) is 6.21 Å². The molecule has 0 aromatic rings. The van der Waals surface area contributed by atoms with Crippen molar-refractivity contribution in [3.63, 3.8) is 0 Å². The molecule has 0 amide bonds. The number of carboxylic acids is 1. The zero-order chi connectivity index (χ0) is 6.85. The van der Waals surface area contributed by atoms with Crippen LogP contribution in [0.5, 0.6) is 0 Å². The van der Waals surface area contributed by atoms with Crippen molar-refractivity contribution in [2.45, 2.75) is 13.0 Å². The third kappa shape index (κ3) is 1.01. The Morgan fingerprint density at radius 2 is 2.56 bits per heavy atom. The number of hydrogen-bond acceptors (Lipinski definition) is 3. The van der Waals surface area contributed by atoms with Gasteiger partial charge in [0.15, 0.2) is 0 Å². The van der Waals surface area contributed by atoms with E-state index in [1.165, 1.54) is 0 Å². The van der Waals surface area contributed by atoms with Crippen LogP contribution in [0.15, 0.2) is 5.10 Å². The van der Waals surface area contributed by atoms with Gasteiger partial charge in [-0.2, -0.15) is 5.10 Å². The van der Waals surface area contributed by atoms with Crippen LogP contribution in [-0.2, 0) is 4.79 Å². The lowest BCUT2D eigenvalue weighted by Gasteiger charge is -2.06. The Morgan fingerprint density at radius 1 is 1.89 bits per heavy atom. The van der Waals surface area contributed by atoms with E-state index in [9.17, 15) is 4.79 Å². The summed E-state index contributed by atoms with van der Waals surface area (Å²) in [6, 6.07) is -0.523. The molecule has 4 nitrogen and oxygen atoms in total. The molecule has 2 unspecified atom stereocenters. The molecule has 1 aliphatic rings. The summed E-state index contributed by atoms with van der Waals surface area (Å²) in [5, 5.41) is 12.1. The lowest BCUT2D eigenvalue weighted by atomic mass is 10.1. The Morgan fingerprint density at radius 3 is 2.78 bits per heavy atom. The molecular formula is C5H8N2O2. The first-order valence-electron chi connectivity index (χ1n) is 2.73. The van der Waals surface area contributed by atoms with Gasteiger partial charge in [0, 0.05) is 12.1 Å². The molecule has 0 aliphatic carbocycles. The predicted octanol–water partition coefficient (Wildman–Crippen LogP) is -0.335. The molecule has 1 rings (SSSR count). The second-order valence-electron chi connectivity index (χ2n) is 2.08. The maximum atomic E-state index is 10.3. The molecule has 4 heteroatoms. The van der Waals surface area contributed by atoms with Crippen LogP contribution in [0.25, 0.3) is 0 Å². The molecule has 0 aromatic heterocycles. The summed E-state index contributed by atoms with van der Waals surface area (Å²) in [6.45, 7) is 1.81. The van der Waals surface area contributed by atoms with Gasteiger partial charge in [-0.05, 0) is 0 Å². The maximum absolute atomic E-state index is 10.3. The number of aliphatic carboxylic acids is 1. The molecule has 0 fully saturated rings. The van der Waals surface area contributed by atoms with Crippen LogP contribution in [0.3, 0.4) is 0 Å². The highest BCUT2D eigenvalue weighted by atomic mass is 16.4. The molecular weight excluding hydrogens is 120 g/mol. The van der Waals surface area contributed by atoms with Gasteiger partial charge in [0.2, 0.25) is 0 Å². The fraction of sp³-hybridized carbons (Fsp3) is 0.600. The zero-order valence-corrected chi connectivity index (χ0v) is 5.03. The van der Waals surface area contributed by atoms with Crippen LogP contribution in [0.4, 0.5) is 0 Å². The molecule has 0 saturated heterocycles. The van der Waals surface area contributed by atoms with E-state index in [0.29, 0.717) is 0 Å². The fourth-order valence-electron chi connectivity index (χ4n) is 0.725. The Hall–Kier alpha value is -1.06. The molecule has 0 spiro atoms. The summed E-state index contributed by atoms with van der Waals surface area (Å²) in [5.41, 5.74) is 2.48. The van der Waals surface area contributed by atoms with Crippen LogP contribution in [0.2, 0.25) is 0 Å². The van der Waals surface area contributed by atoms with Crippen molar-refractivity contribution in [2.75, 3.05) is 0 Å². The zero-order valence-electron chi connectivity index (χ0n) is 5.03. The fourth-order valence-corrected chi connectivity index (χ4v) is 0.725. The van der Waals surface area contributed by atoms with Crippen LogP contribution in [0, 0.1) is 5.92 Å². The van der Waals surface area contributed by atoms with Crippen LogP contribution in [0.1, 0.15) is 6.92 Å². The molecule has 1 heterocycles. The van der Waals surface area contributed by atoms with Gasteiger partial charge in [-0.25, -0.2) is 4.79 Å². The molecule has 0 bridgehead atoms. The van der Waals surface area contributed by atoms with E-state index in [1.807, 2.05) is 6.92 Å². The van der Waals surface area contributed by atoms with E-state index in [4.69, 9.17) is 5.11 Å². The molecule has 0 aromatic carbocycles. The van der Waals surface area contributed by atoms with Crippen molar-refractivity contribution in [1.82, 2.24) is 5.43 Å². The standard InChI is InChI=1S/C5H8N2O2/c1-3-2-6-7-4(3)5(8)9/h2-4,7H,1H3,(H,8,9). The summed E-state index contributed by atoms with van der Waals surface area (Å²) in [7, 11) is 0. The average Bonchev–Trinajstić information content (AvgIpc) is 2.13. The van der Waals surface area contributed by atoms with Crippen LogP contribution < -0.4 is 5.43 Å². The van der Waals surface area contributed by atoms with Crippen molar-refractivity contribution in [2.24, 2.45) is 11.0 Å². The number of hydrogen-bond donors (Lipinski definition) is 2. The summed E-state index contributed by atoms with van der Waals surface area (Å²) >= 11 is 0. The first kappa shape index (κ1) is 6.07. The molecule has 9 heavy (non-hydrogen) atoms. The van der Waals surface area contributed by atoms with E-state index in [-0.39, 0.29) is 5.92 Å². The molecule has 1 aliphatic heterocycles. The second kappa shape index (κ2) is 2.05. The Kier molecular flexibility index (Phi) is 1.38. The smallest absolute Gasteiger partial charge is 0.328 e. The normalized spacial score (nSPS) is 32.1. The molecule has 0 saturated carbocycles. The van der Waals surface area contributed by atoms with Crippen molar-refractivity contribution in [3.05, 3.63) is 0 Å². The van der Waals surface area contributed by atoms with Gasteiger partial charge in [-0.3, -0.25) is 5.43 Å². The van der Waals surface area contributed by atoms with E-state index in [0.717, 1.165) is 0 Å². The van der Waals surface area contributed by atoms with Crippen molar-refractivity contribution >= 4 is 12.2 Å². The van der Waals surface area contributed by atoms with Crippen molar-refractivity contribution < 1.29 is 9.90 Å². The summed E-state index contributed by atoms with van der Waals surface area (Å²) in [5.74, 6) is -0.845. The van der Waals surface area contributed by atoms with Gasteiger partial charge in [0.05, 0.1) is 0 Å². The summed E-state index contributed by atoms with van der Waals surface area (Å²) < 4.78 is 0. The Bertz CT molecular complexity index is 155. The predicted molar refractivity (Wildman–Crippen MR) is 32.2 cm³/mol. The highest BCUT2D eigenvalue weighted by molar-refractivity contribution is 5.81. The third-order valence-electron chi connectivity index (χ3n) is 1.32. The molecule has 0 radical (unpaired) electrons. The summed E-state index contributed by atoms with van der Waals surface area (Å²) in [6.07, 6.45) is 1.60. The van der Waals surface area contributed by atoms with Gasteiger partial charge < -0.3 is 5.11 Å². The molecule has 50 valence electrons. The van der Waals surface area contributed by atoms with Gasteiger partial charge in [-0.1, -0.05) is 6.92 Å². The van der Waals surface area contributed by atoms with Gasteiger partial charge in [0.25, 0.3) is 0 Å². The number of rotatable bonds is 1. The van der Waals surface area contributed by atoms with Gasteiger partial charge in [0.1, 0.15) is 6.04 Å². The van der Waals surface area contributed by atoms with Crippen LogP contribution in [-0.4, -0.2) is 23.3 Å². The van der Waals surface area contributed by atoms with Gasteiger partial charge >= 0.3 is 5.97 Å². The average molecular weight is 128 g/mol. The first-order chi connectivity index (χ1) is 4.22. The first-order valence-corrected chi connectivity index (χ1v) is 2.73. The minimum atomic E-state index is -0.847. The van der Waals surface area contributed by atoms with E-state index >= 15 is 0 Å². The topological polar surface area (TPSA) is 61.7 Å². The highest BCUT2D eigenvalue weighted by Gasteiger charge is 2.25. The number of carbonyl (C=O) groups is 1. The van der Waals surface area contributed by atoms with Crippen LogP contribution >= 0.6 is 0 Å². The maximum Gasteiger partial charge on any atom is 0.328 e. The summed E-state index contributed by atoms with van der Waals surface area (Å²) in [4.78, 5) is 10.3. The molecule has 2 atom stereocenters. The number of nitrogens with one attached hydrogen (secondary N) is 1. The number of hydrazone groups is 1. The third-order valence-corrected chi connectivity index (χ3v) is 1.32. The minimum absolute atomic E-state index is 0.00231. The largest absolute Gasteiger partial charge is 0.480 e. The van der Waals surface area contributed by atoms with E-state index < -0.39 is 12.0 Å². The minimum Gasteiger partial charge on any atom is -0.480 e. The number of carboxylic acid groups (broad SMARTS) is 1. The van der Waals surface area contributed by atoms with Gasteiger partial charge in [-0.15, -0.1) is 0 Å². The SMILES string of the molecule is CC1C=NNC1C(=O)O. The van der Waals surface area contributed by atoms with Crippen molar-refractivity contribution in [1.29, 1.82) is 0 Å². The Labute approximate surface area is 52.6 Å². The Balaban J connectivity index is 2.55. The second-order valence-corrected chi connectivity index (χ2v) is 2.08. The lowest BCUT2D eigenvalue weighted by molar-refractivity contribution is -0.139. The lowest BCUT2D eigenvalue weighted by Crippen LogP contribution is -2.34. The quantitative estimate of drug-likeness (QED) is 0.508. The van der Waals surface area contributed by atoms with Crippen molar-refractivity contribution in [3.8, 4) is 0 Å². The highest BCUT2D eigenvalue weighted by Crippen LogP contribution is 2.04. The number of nitrogens with zero attached hydrogens (tertiary/aromatic N) is 1. The van der Waals surface area contributed by atoms with E-state index in [2.05, 4.69) is 10.5 Å².